The first-order valence-electron chi connectivity index (χ1n) is 8.61. The highest BCUT2D eigenvalue weighted by atomic mass is 16.3. The fraction of sp³-hybridized carbons (Fsp3) is 0.667. The van der Waals surface area contributed by atoms with Crippen molar-refractivity contribution in [1.82, 2.24) is 9.80 Å². The molecule has 1 aromatic carbocycles. The van der Waals surface area contributed by atoms with Crippen LogP contribution in [0.3, 0.4) is 0 Å². The molecule has 2 aliphatic heterocycles. The van der Waals surface area contributed by atoms with E-state index in [1.54, 1.807) is 0 Å². The summed E-state index contributed by atoms with van der Waals surface area (Å²) in [6.07, 6.45) is 7.85. The third-order valence-corrected chi connectivity index (χ3v) is 5.72. The molecule has 0 amide bonds. The molecule has 1 aliphatic carbocycles. The molecule has 2 saturated heterocycles. The maximum atomic E-state index is 9.72. The van der Waals surface area contributed by atoms with Gasteiger partial charge in [-0.3, -0.25) is 9.80 Å². The second kappa shape index (κ2) is 5.62. The number of hydrogen-bond donors (Lipinski definition) is 1. The van der Waals surface area contributed by atoms with Crippen molar-refractivity contribution >= 4 is 0 Å². The van der Waals surface area contributed by atoms with E-state index in [9.17, 15) is 5.11 Å². The molecule has 114 valence electrons. The molecule has 2 unspecified atom stereocenters. The highest BCUT2D eigenvalue weighted by Gasteiger charge is 2.34. The predicted molar refractivity (Wildman–Crippen MR) is 84.6 cm³/mol. The Morgan fingerprint density at radius 3 is 2.81 bits per heavy atom. The Labute approximate surface area is 127 Å². The van der Waals surface area contributed by atoms with Crippen LogP contribution in [0.25, 0.3) is 0 Å². The van der Waals surface area contributed by atoms with Gasteiger partial charge in [0.15, 0.2) is 0 Å². The van der Waals surface area contributed by atoms with E-state index in [1.807, 2.05) is 12.1 Å². The molecular weight excluding hydrogens is 260 g/mol. The number of phenols is 1. The van der Waals surface area contributed by atoms with Gasteiger partial charge in [-0.1, -0.05) is 12.5 Å². The lowest BCUT2D eigenvalue weighted by atomic mass is 9.85. The number of nitrogens with zero attached hydrogens (tertiary/aromatic N) is 2. The third-order valence-electron chi connectivity index (χ3n) is 5.72. The van der Waals surface area contributed by atoms with Gasteiger partial charge in [-0.15, -0.1) is 0 Å². The van der Waals surface area contributed by atoms with Gasteiger partial charge in [-0.25, -0.2) is 0 Å². The Kier molecular flexibility index (Phi) is 3.64. The minimum atomic E-state index is 0.423. The van der Waals surface area contributed by atoms with Gasteiger partial charge in [0, 0.05) is 31.7 Å². The van der Waals surface area contributed by atoms with Gasteiger partial charge in [0.2, 0.25) is 0 Å². The zero-order chi connectivity index (χ0) is 14.2. The topological polar surface area (TPSA) is 26.7 Å². The van der Waals surface area contributed by atoms with Crippen LogP contribution in [-0.2, 0) is 6.42 Å². The van der Waals surface area contributed by atoms with Crippen molar-refractivity contribution in [3.63, 3.8) is 0 Å². The Balaban J connectivity index is 1.55. The molecule has 0 spiro atoms. The second-order valence-corrected chi connectivity index (χ2v) is 6.97. The summed E-state index contributed by atoms with van der Waals surface area (Å²) in [6, 6.07) is 7.39. The summed E-state index contributed by atoms with van der Waals surface area (Å²) in [6.45, 7) is 5.01. The number of aryl methyl sites for hydroxylation is 1. The summed E-state index contributed by atoms with van der Waals surface area (Å²) < 4.78 is 0. The summed E-state index contributed by atoms with van der Waals surface area (Å²) in [5, 5.41) is 9.72. The maximum absolute atomic E-state index is 9.72. The van der Waals surface area contributed by atoms with Crippen LogP contribution in [0.4, 0.5) is 0 Å². The summed E-state index contributed by atoms with van der Waals surface area (Å²) in [5.74, 6) is 0.423. The van der Waals surface area contributed by atoms with Crippen LogP contribution in [0.2, 0.25) is 0 Å². The monoisotopic (exact) mass is 286 g/mol. The molecule has 2 atom stereocenters. The fourth-order valence-electron chi connectivity index (χ4n) is 4.62. The molecule has 0 aromatic heterocycles. The molecule has 1 N–H and O–H groups in total. The SMILES string of the molecule is Oc1ccc2c(c1)CCCC2N1CCN2CCCCC2C1. The molecule has 1 aromatic rings. The smallest absolute Gasteiger partial charge is 0.115 e. The van der Waals surface area contributed by atoms with E-state index < -0.39 is 0 Å². The van der Waals surface area contributed by atoms with E-state index in [-0.39, 0.29) is 0 Å². The quantitative estimate of drug-likeness (QED) is 0.860. The zero-order valence-electron chi connectivity index (χ0n) is 12.8. The molecule has 3 heteroatoms. The van der Waals surface area contributed by atoms with E-state index in [4.69, 9.17) is 0 Å². The van der Waals surface area contributed by atoms with E-state index >= 15 is 0 Å². The number of piperazine rings is 1. The Bertz CT molecular complexity index is 516. The van der Waals surface area contributed by atoms with Crippen molar-refractivity contribution in [2.75, 3.05) is 26.2 Å². The van der Waals surface area contributed by atoms with Crippen LogP contribution >= 0.6 is 0 Å². The lowest BCUT2D eigenvalue weighted by molar-refractivity contribution is 0.0228. The number of benzene rings is 1. The minimum Gasteiger partial charge on any atom is -0.508 e. The van der Waals surface area contributed by atoms with Gasteiger partial charge in [-0.05, 0) is 61.9 Å². The Hall–Kier alpha value is -1.06. The molecule has 4 rings (SSSR count). The second-order valence-electron chi connectivity index (χ2n) is 6.97. The molecule has 2 fully saturated rings. The van der Waals surface area contributed by atoms with Crippen molar-refractivity contribution in [2.24, 2.45) is 0 Å². The van der Waals surface area contributed by atoms with Crippen LogP contribution in [0.1, 0.15) is 49.3 Å². The van der Waals surface area contributed by atoms with Crippen LogP contribution in [0, 0.1) is 0 Å². The first kappa shape index (κ1) is 13.6. The summed E-state index contributed by atoms with van der Waals surface area (Å²) in [5.41, 5.74) is 2.85. The standard InChI is InChI=1S/C18H26N2O/c21-16-7-8-17-14(12-16)4-3-6-18(17)20-11-10-19-9-2-1-5-15(19)13-20/h7-8,12,15,18,21H,1-6,9-11,13H2. The number of piperidine rings is 1. The fourth-order valence-corrected chi connectivity index (χ4v) is 4.62. The first-order chi connectivity index (χ1) is 10.3. The number of hydrogen-bond acceptors (Lipinski definition) is 3. The average molecular weight is 286 g/mol. The molecule has 2 heterocycles. The Morgan fingerprint density at radius 1 is 0.952 bits per heavy atom. The number of phenolic OH excluding ortho intramolecular Hbond substituents is 1. The van der Waals surface area contributed by atoms with Gasteiger partial charge in [0.05, 0.1) is 0 Å². The van der Waals surface area contributed by atoms with Gasteiger partial charge < -0.3 is 5.11 Å². The van der Waals surface area contributed by atoms with Gasteiger partial charge in [-0.2, -0.15) is 0 Å². The Morgan fingerprint density at radius 2 is 1.86 bits per heavy atom. The normalized spacial score (nSPS) is 30.7. The van der Waals surface area contributed by atoms with E-state index in [1.165, 1.54) is 69.4 Å². The highest BCUT2D eigenvalue weighted by molar-refractivity contribution is 5.38. The van der Waals surface area contributed by atoms with Crippen LogP contribution in [-0.4, -0.2) is 47.1 Å². The van der Waals surface area contributed by atoms with Crippen LogP contribution in [0.15, 0.2) is 18.2 Å². The van der Waals surface area contributed by atoms with Crippen molar-refractivity contribution < 1.29 is 5.11 Å². The van der Waals surface area contributed by atoms with Gasteiger partial charge in [0.25, 0.3) is 0 Å². The van der Waals surface area contributed by atoms with E-state index in [0.717, 1.165) is 12.5 Å². The van der Waals surface area contributed by atoms with E-state index in [2.05, 4.69) is 15.9 Å². The van der Waals surface area contributed by atoms with Crippen molar-refractivity contribution in [3.05, 3.63) is 29.3 Å². The van der Waals surface area contributed by atoms with Crippen LogP contribution in [0.5, 0.6) is 5.75 Å². The molecule has 3 nitrogen and oxygen atoms in total. The van der Waals surface area contributed by atoms with Crippen molar-refractivity contribution in [1.29, 1.82) is 0 Å². The highest BCUT2D eigenvalue weighted by Crippen LogP contribution is 2.37. The summed E-state index contributed by atoms with van der Waals surface area (Å²) >= 11 is 0. The summed E-state index contributed by atoms with van der Waals surface area (Å²) in [7, 11) is 0. The van der Waals surface area contributed by atoms with Crippen molar-refractivity contribution in [2.45, 2.75) is 50.6 Å². The zero-order valence-corrected chi connectivity index (χ0v) is 12.8. The van der Waals surface area contributed by atoms with E-state index in [0.29, 0.717) is 11.8 Å². The lowest BCUT2D eigenvalue weighted by Gasteiger charge is -2.47. The van der Waals surface area contributed by atoms with Crippen LogP contribution < -0.4 is 0 Å². The molecule has 3 aliphatic rings. The minimum absolute atomic E-state index is 0.423. The number of aromatic hydroxyl groups is 1. The molecule has 0 radical (unpaired) electrons. The summed E-state index contributed by atoms with van der Waals surface area (Å²) in [4.78, 5) is 5.43. The molecule has 0 bridgehead atoms. The number of rotatable bonds is 1. The molecule has 0 saturated carbocycles. The molecule has 21 heavy (non-hydrogen) atoms. The maximum Gasteiger partial charge on any atom is 0.115 e. The predicted octanol–water partition coefficient (Wildman–Crippen LogP) is 2.94. The number of fused-ring (bicyclic) bond motifs is 2. The lowest BCUT2D eigenvalue weighted by Crippen LogP contribution is -2.55. The van der Waals surface area contributed by atoms with Gasteiger partial charge in [0.1, 0.15) is 5.75 Å². The largest absolute Gasteiger partial charge is 0.508 e. The van der Waals surface area contributed by atoms with Gasteiger partial charge >= 0.3 is 0 Å². The third kappa shape index (κ3) is 2.58. The molecular formula is C18H26N2O. The average Bonchev–Trinajstić information content (AvgIpc) is 2.53. The van der Waals surface area contributed by atoms with Crippen molar-refractivity contribution in [3.8, 4) is 5.75 Å². The first-order valence-corrected chi connectivity index (χ1v) is 8.61.